The van der Waals surface area contributed by atoms with Crippen LogP contribution in [0.2, 0.25) is 0 Å². The minimum atomic E-state index is -0.455. The van der Waals surface area contributed by atoms with Gasteiger partial charge in [-0.15, -0.1) is 0 Å². The molecule has 0 bridgehead atoms. The Labute approximate surface area is 144 Å². The van der Waals surface area contributed by atoms with E-state index in [0.29, 0.717) is 5.92 Å². The summed E-state index contributed by atoms with van der Waals surface area (Å²) in [6.45, 7) is 7.42. The quantitative estimate of drug-likeness (QED) is 0.920. The van der Waals surface area contributed by atoms with Crippen molar-refractivity contribution in [2.45, 2.75) is 70.4 Å². The third-order valence-corrected chi connectivity index (χ3v) is 4.74. The van der Waals surface area contributed by atoms with Crippen LogP contribution in [0.3, 0.4) is 0 Å². The van der Waals surface area contributed by atoms with Gasteiger partial charge in [0.2, 0.25) is 0 Å². The number of nitrogens with one attached hydrogen (secondary N) is 1. The van der Waals surface area contributed by atoms with Gasteiger partial charge in [0.25, 0.3) is 0 Å². The van der Waals surface area contributed by atoms with Gasteiger partial charge in [0.1, 0.15) is 17.7 Å². The Hall–Kier alpha value is -1.85. The summed E-state index contributed by atoms with van der Waals surface area (Å²) in [7, 11) is 0. The molecule has 1 saturated heterocycles. The van der Waals surface area contributed by atoms with Gasteiger partial charge in [0.15, 0.2) is 0 Å². The molecule has 1 aromatic heterocycles. The highest BCUT2D eigenvalue weighted by Crippen LogP contribution is 2.36. The van der Waals surface area contributed by atoms with Crippen molar-refractivity contribution >= 4 is 11.9 Å². The van der Waals surface area contributed by atoms with Gasteiger partial charge in [-0.1, -0.05) is 6.42 Å². The molecule has 3 rings (SSSR count). The van der Waals surface area contributed by atoms with Crippen molar-refractivity contribution in [3.8, 4) is 0 Å². The van der Waals surface area contributed by atoms with Gasteiger partial charge in [0, 0.05) is 36.8 Å². The largest absolute Gasteiger partial charge is 0.444 e. The first kappa shape index (κ1) is 17.0. The lowest BCUT2D eigenvalue weighted by atomic mass is 9.83. The molecule has 6 heteroatoms. The van der Waals surface area contributed by atoms with E-state index in [0.717, 1.165) is 31.7 Å². The minimum Gasteiger partial charge on any atom is -0.444 e. The average Bonchev–Trinajstić information content (AvgIpc) is 2.44. The lowest BCUT2D eigenvalue weighted by Crippen LogP contribution is -2.46. The van der Waals surface area contributed by atoms with Crippen LogP contribution in [-0.2, 0) is 4.74 Å². The molecule has 0 unspecified atom stereocenters. The molecule has 1 aliphatic carbocycles. The van der Waals surface area contributed by atoms with E-state index < -0.39 is 5.60 Å². The van der Waals surface area contributed by atoms with Crippen LogP contribution in [0.15, 0.2) is 12.4 Å². The second-order valence-electron chi connectivity index (χ2n) is 7.84. The molecule has 132 valence electrons. The number of hydrogen-bond acceptors (Lipinski definition) is 5. The number of amides is 1. The van der Waals surface area contributed by atoms with Crippen LogP contribution in [-0.4, -0.2) is 40.8 Å². The number of carbonyl (C=O) groups is 1. The van der Waals surface area contributed by atoms with Crippen LogP contribution in [0.5, 0.6) is 0 Å². The van der Waals surface area contributed by atoms with E-state index in [4.69, 9.17) is 4.74 Å². The summed E-state index contributed by atoms with van der Waals surface area (Å²) in [5.41, 5.74) is 0.726. The Bertz CT molecular complexity index is 573. The van der Waals surface area contributed by atoms with Gasteiger partial charge in [-0.3, -0.25) is 0 Å². The molecule has 0 spiro atoms. The standard InChI is InChI=1S/C18H28N4O2/c1-18(2,3)24-17(23)21-14-7-9-22(10-8-14)16-11-15(19-12-20-16)13-5-4-6-13/h11-14H,4-10H2,1-3H3,(H,21,23). The van der Waals surface area contributed by atoms with E-state index in [1.165, 1.54) is 25.0 Å². The molecule has 2 heterocycles. The van der Waals surface area contributed by atoms with E-state index in [1.54, 1.807) is 6.33 Å². The van der Waals surface area contributed by atoms with Crippen LogP contribution < -0.4 is 10.2 Å². The second kappa shape index (κ2) is 6.95. The normalized spacial score (nSPS) is 19.7. The maximum absolute atomic E-state index is 11.9. The van der Waals surface area contributed by atoms with Crippen LogP contribution in [0.4, 0.5) is 10.6 Å². The molecule has 0 atom stereocenters. The van der Waals surface area contributed by atoms with Crippen molar-refractivity contribution in [1.29, 1.82) is 0 Å². The summed E-state index contributed by atoms with van der Waals surface area (Å²) < 4.78 is 5.33. The highest BCUT2D eigenvalue weighted by molar-refractivity contribution is 5.68. The number of carbonyl (C=O) groups excluding carboxylic acids is 1. The summed E-state index contributed by atoms with van der Waals surface area (Å²) in [5.74, 6) is 1.64. The number of nitrogens with zero attached hydrogens (tertiary/aromatic N) is 3. The molecular formula is C18H28N4O2. The van der Waals surface area contributed by atoms with Crippen molar-refractivity contribution in [3.63, 3.8) is 0 Å². The lowest BCUT2D eigenvalue weighted by molar-refractivity contribution is 0.0497. The zero-order chi connectivity index (χ0) is 17.2. The number of alkyl carbamates (subject to hydrolysis) is 1. The molecule has 1 aromatic rings. The van der Waals surface area contributed by atoms with Gasteiger partial charge in [-0.2, -0.15) is 0 Å². The van der Waals surface area contributed by atoms with Crippen molar-refractivity contribution in [2.24, 2.45) is 0 Å². The number of aromatic nitrogens is 2. The maximum atomic E-state index is 11.9. The number of piperidine rings is 1. The predicted octanol–water partition coefficient (Wildman–Crippen LogP) is 3.24. The molecule has 1 amide bonds. The highest BCUT2D eigenvalue weighted by atomic mass is 16.6. The number of hydrogen-bond donors (Lipinski definition) is 1. The molecule has 1 N–H and O–H groups in total. The molecule has 0 aromatic carbocycles. The number of ether oxygens (including phenoxy) is 1. The topological polar surface area (TPSA) is 67.3 Å². The van der Waals surface area contributed by atoms with Crippen LogP contribution >= 0.6 is 0 Å². The molecule has 0 radical (unpaired) electrons. The third kappa shape index (κ3) is 4.36. The van der Waals surface area contributed by atoms with E-state index in [-0.39, 0.29) is 12.1 Å². The van der Waals surface area contributed by atoms with Crippen LogP contribution in [0.25, 0.3) is 0 Å². The van der Waals surface area contributed by atoms with E-state index in [2.05, 4.69) is 26.3 Å². The van der Waals surface area contributed by atoms with Crippen molar-refractivity contribution < 1.29 is 9.53 Å². The number of rotatable bonds is 3. The SMILES string of the molecule is CC(C)(C)OC(=O)NC1CCN(c2cc(C3CCC3)ncn2)CC1. The van der Waals surface area contributed by atoms with E-state index >= 15 is 0 Å². The zero-order valence-electron chi connectivity index (χ0n) is 14.9. The van der Waals surface area contributed by atoms with Gasteiger partial charge < -0.3 is 15.0 Å². The average molecular weight is 332 g/mol. The summed E-state index contributed by atoms with van der Waals surface area (Å²) in [4.78, 5) is 23.0. The van der Waals surface area contributed by atoms with Gasteiger partial charge in [-0.25, -0.2) is 14.8 Å². The molecule has 1 saturated carbocycles. The van der Waals surface area contributed by atoms with Crippen LogP contribution in [0.1, 0.15) is 64.5 Å². The predicted molar refractivity (Wildman–Crippen MR) is 93.2 cm³/mol. The first-order chi connectivity index (χ1) is 11.4. The fourth-order valence-corrected chi connectivity index (χ4v) is 3.19. The van der Waals surface area contributed by atoms with Gasteiger partial charge in [-0.05, 0) is 46.5 Å². The van der Waals surface area contributed by atoms with E-state index in [9.17, 15) is 4.79 Å². The fourth-order valence-electron chi connectivity index (χ4n) is 3.19. The molecule has 24 heavy (non-hydrogen) atoms. The Morgan fingerprint density at radius 2 is 1.92 bits per heavy atom. The Balaban J connectivity index is 1.51. The van der Waals surface area contributed by atoms with Crippen molar-refractivity contribution in [1.82, 2.24) is 15.3 Å². The Morgan fingerprint density at radius 1 is 1.21 bits per heavy atom. The summed E-state index contributed by atoms with van der Waals surface area (Å²) in [6.07, 6.45) is 6.98. The zero-order valence-corrected chi connectivity index (χ0v) is 14.9. The lowest BCUT2D eigenvalue weighted by Gasteiger charge is -2.34. The first-order valence-electron chi connectivity index (χ1n) is 8.97. The van der Waals surface area contributed by atoms with Gasteiger partial charge in [0.05, 0.1) is 0 Å². The molecular weight excluding hydrogens is 304 g/mol. The summed E-state index contributed by atoms with van der Waals surface area (Å²) in [6, 6.07) is 2.31. The number of anilines is 1. The Morgan fingerprint density at radius 3 is 2.50 bits per heavy atom. The second-order valence-corrected chi connectivity index (χ2v) is 7.84. The highest BCUT2D eigenvalue weighted by Gasteiger charge is 2.26. The molecule has 2 aliphatic rings. The monoisotopic (exact) mass is 332 g/mol. The van der Waals surface area contributed by atoms with Crippen LogP contribution in [0, 0.1) is 0 Å². The maximum Gasteiger partial charge on any atom is 0.407 e. The fraction of sp³-hybridized carbons (Fsp3) is 0.722. The summed E-state index contributed by atoms with van der Waals surface area (Å²) in [5, 5.41) is 2.97. The molecule has 1 aliphatic heterocycles. The Kier molecular flexibility index (Phi) is 4.92. The smallest absolute Gasteiger partial charge is 0.407 e. The minimum absolute atomic E-state index is 0.170. The molecule has 6 nitrogen and oxygen atoms in total. The summed E-state index contributed by atoms with van der Waals surface area (Å²) >= 11 is 0. The van der Waals surface area contributed by atoms with Gasteiger partial charge >= 0.3 is 6.09 Å². The third-order valence-electron chi connectivity index (χ3n) is 4.74. The van der Waals surface area contributed by atoms with Crippen molar-refractivity contribution in [3.05, 3.63) is 18.1 Å². The molecule has 2 fully saturated rings. The van der Waals surface area contributed by atoms with E-state index in [1.807, 2.05) is 20.8 Å². The first-order valence-corrected chi connectivity index (χ1v) is 8.97. The van der Waals surface area contributed by atoms with Crippen molar-refractivity contribution in [2.75, 3.05) is 18.0 Å².